The largest absolute Gasteiger partial charge is 0.435 e. The molecule has 2 heterocycles. The van der Waals surface area contributed by atoms with Crippen molar-refractivity contribution in [3.63, 3.8) is 0 Å². The number of nitrogens with zero attached hydrogens (tertiary/aromatic N) is 4. The number of rotatable bonds is 4. The molecule has 1 aliphatic rings. The first-order valence-corrected chi connectivity index (χ1v) is 8.13. The van der Waals surface area contributed by atoms with E-state index in [0.717, 1.165) is 42.0 Å². The van der Waals surface area contributed by atoms with Crippen LogP contribution in [-0.4, -0.2) is 26.4 Å². The summed E-state index contributed by atoms with van der Waals surface area (Å²) in [5.74, 6) is 1.65. The number of fused-ring (bicyclic) bond motifs is 2. The predicted octanol–water partition coefficient (Wildman–Crippen LogP) is 3.52. The van der Waals surface area contributed by atoms with Crippen molar-refractivity contribution in [2.24, 2.45) is 0 Å². The van der Waals surface area contributed by atoms with Crippen molar-refractivity contribution in [3.05, 3.63) is 47.3 Å². The van der Waals surface area contributed by atoms with E-state index in [0.29, 0.717) is 5.65 Å². The molecule has 0 saturated heterocycles. The fourth-order valence-electron chi connectivity index (χ4n) is 3.27. The fraction of sp³-hybridized carbons (Fsp3) is 0.353. The Morgan fingerprint density at radius 1 is 1.24 bits per heavy atom. The molecule has 0 saturated carbocycles. The van der Waals surface area contributed by atoms with Gasteiger partial charge in [-0.15, -0.1) is 15.3 Å². The fourth-order valence-corrected chi connectivity index (χ4v) is 3.27. The lowest BCUT2D eigenvalue weighted by Gasteiger charge is -2.27. The highest BCUT2D eigenvalue weighted by molar-refractivity contribution is 5.47. The number of nitrogens with one attached hydrogen (secondary N) is 1. The molecular formula is C17H17F2N5O. The number of hydrogen-bond donors (Lipinski definition) is 1. The standard InChI is InChI=1S/C17H17F2N5O/c1-10-21-22-16-8-7-15(23-24(10)16)20-14-4-2-3-11-9-12(25-17(18)19)5-6-13(11)14/h5-9,14,17H,2-4H2,1H3,(H,20,23)/t14-/m0/s1. The molecule has 130 valence electrons. The Morgan fingerprint density at radius 2 is 2.12 bits per heavy atom. The van der Waals surface area contributed by atoms with E-state index in [-0.39, 0.29) is 11.8 Å². The Balaban J connectivity index is 1.60. The normalized spacial score (nSPS) is 16.9. The number of hydrogen-bond acceptors (Lipinski definition) is 5. The molecule has 1 atom stereocenters. The van der Waals surface area contributed by atoms with Crippen LogP contribution in [0.5, 0.6) is 5.75 Å². The van der Waals surface area contributed by atoms with Crippen LogP contribution in [0, 0.1) is 6.92 Å². The first-order valence-electron chi connectivity index (χ1n) is 8.13. The van der Waals surface area contributed by atoms with Gasteiger partial charge in [0.15, 0.2) is 11.5 Å². The van der Waals surface area contributed by atoms with E-state index in [9.17, 15) is 8.78 Å². The maximum Gasteiger partial charge on any atom is 0.387 e. The van der Waals surface area contributed by atoms with Gasteiger partial charge in [0.2, 0.25) is 0 Å². The summed E-state index contributed by atoms with van der Waals surface area (Å²) in [5, 5.41) is 16.0. The molecule has 0 unspecified atom stereocenters. The third-order valence-corrected chi connectivity index (χ3v) is 4.39. The van der Waals surface area contributed by atoms with Gasteiger partial charge in [-0.2, -0.15) is 13.3 Å². The van der Waals surface area contributed by atoms with Gasteiger partial charge in [0.05, 0.1) is 6.04 Å². The van der Waals surface area contributed by atoms with Gasteiger partial charge in [0, 0.05) is 0 Å². The zero-order chi connectivity index (χ0) is 17.4. The summed E-state index contributed by atoms with van der Waals surface area (Å²) in [6.45, 7) is -0.962. The third kappa shape index (κ3) is 3.11. The molecule has 8 heteroatoms. The van der Waals surface area contributed by atoms with Crippen LogP contribution in [-0.2, 0) is 6.42 Å². The summed E-state index contributed by atoms with van der Waals surface area (Å²) in [6, 6.07) is 8.95. The van der Waals surface area contributed by atoms with E-state index >= 15 is 0 Å². The van der Waals surface area contributed by atoms with Gasteiger partial charge in [-0.05, 0) is 61.6 Å². The minimum Gasteiger partial charge on any atom is -0.435 e. The molecule has 0 bridgehead atoms. The average Bonchev–Trinajstić information content (AvgIpc) is 2.95. The minimum absolute atomic E-state index is 0.0751. The molecule has 0 radical (unpaired) electrons. The lowest BCUT2D eigenvalue weighted by atomic mass is 9.87. The van der Waals surface area contributed by atoms with Gasteiger partial charge in [0.1, 0.15) is 11.6 Å². The highest BCUT2D eigenvalue weighted by Gasteiger charge is 2.21. The summed E-state index contributed by atoms with van der Waals surface area (Å²) >= 11 is 0. The number of aryl methyl sites for hydroxylation is 2. The predicted molar refractivity (Wildman–Crippen MR) is 87.9 cm³/mol. The molecule has 2 aromatic heterocycles. The van der Waals surface area contributed by atoms with Crippen LogP contribution < -0.4 is 10.1 Å². The van der Waals surface area contributed by atoms with Gasteiger partial charge >= 0.3 is 6.61 Å². The molecule has 0 spiro atoms. The molecule has 4 rings (SSSR count). The third-order valence-electron chi connectivity index (χ3n) is 4.39. The van der Waals surface area contributed by atoms with E-state index in [2.05, 4.69) is 25.3 Å². The second-order valence-electron chi connectivity index (χ2n) is 6.06. The van der Waals surface area contributed by atoms with Gasteiger partial charge < -0.3 is 10.1 Å². The molecule has 0 fully saturated rings. The first-order chi connectivity index (χ1) is 12.1. The zero-order valence-electron chi connectivity index (χ0n) is 13.6. The van der Waals surface area contributed by atoms with Gasteiger partial charge in [-0.1, -0.05) is 6.07 Å². The zero-order valence-corrected chi connectivity index (χ0v) is 13.6. The van der Waals surface area contributed by atoms with Gasteiger partial charge in [-0.25, -0.2) is 0 Å². The van der Waals surface area contributed by atoms with Crippen molar-refractivity contribution in [1.82, 2.24) is 19.8 Å². The minimum atomic E-state index is -2.81. The number of benzene rings is 1. The quantitative estimate of drug-likeness (QED) is 0.784. The molecule has 0 amide bonds. The Labute approximate surface area is 142 Å². The van der Waals surface area contributed by atoms with E-state index in [4.69, 9.17) is 0 Å². The average molecular weight is 345 g/mol. The topological polar surface area (TPSA) is 64.3 Å². The summed E-state index contributed by atoms with van der Waals surface area (Å²) in [5.41, 5.74) is 2.82. The van der Waals surface area contributed by atoms with Gasteiger partial charge in [0.25, 0.3) is 0 Å². The number of anilines is 1. The molecule has 3 aromatic rings. The maximum atomic E-state index is 12.4. The smallest absolute Gasteiger partial charge is 0.387 e. The Bertz CT molecular complexity index is 911. The second kappa shape index (κ2) is 6.27. The van der Waals surface area contributed by atoms with E-state index in [1.807, 2.05) is 25.1 Å². The second-order valence-corrected chi connectivity index (χ2v) is 6.06. The number of halogens is 2. The van der Waals surface area contributed by atoms with Crippen LogP contribution in [0.25, 0.3) is 5.65 Å². The van der Waals surface area contributed by atoms with E-state index in [1.165, 1.54) is 0 Å². The van der Waals surface area contributed by atoms with Crippen molar-refractivity contribution < 1.29 is 13.5 Å². The molecule has 25 heavy (non-hydrogen) atoms. The van der Waals surface area contributed by atoms with Crippen LogP contribution in [0.2, 0.25) is 0 Å². The van der Waals surface area contributed by atoms with Crippen LogP contribution in [0.4, 0.5) is 14.6 Å². The highest BCUT2D eigenvalue weighted by Crippen LogP contribution is 2.34. The lowest BCUT2D eigenvalue weighted by molar-refractivity contribution is -0.0499. The molecule has 6 nitrogen and oxygen atoms in total. The van der Waals surface area contributed by atoms with Crippen molar-refractivity contribution in [3.8, 4) is 5.75 Å². The van der Waals surface area contributed by atoms with Crippen molar-refractivity contribution in [2.45, 2.75) is 38.8 Å². The molecule has 1 N–H and O–H groups in total. The number of alkyl halides is 2. The van der Waals surface area contributed by atoms with Crippen molar-refractivity contribution in [1.29, 1.82) is 0 Å². The van der Waals surface area contributed by atoms with Crippen LogP contribution in [0.3, 0.4) is 0 Å². The van der Waals surface area contributed by atoms with Gasteiger partial charge in [-0.3, -0.25) is 0 Å². The maximum absolute atomic E-state index is 12.4. The lowest BCUT2D eigenvalue weighted by Crippen LogP contribution is -2.18. The molecular weight excluding hydrogens is 328 g/mol. The Morgan fingerprint density at radius 3 is 2.96 bits per heavy atom. The van der Waals surface area contributed by atoms with Crippen molar-refractivity contribution >= 4 is 11.5 Å². The van der Waals surface area contributed by atoms with E-state index < -0.39 is 6.61 Å². The van der Waals surface area contributed by atoms with Crippen LogP contribution in [0.1, 0.15) is 35.8 Å². The number of ether oxygens (including phenoxy) is 1. The summed E-state index contributed by atoms with van der Waals surface area (Å²) in [6.07, 6.45) is 2.77. The molecule has 0 aliphatic heterocycles. The Hall–Kier alpha value is -2.77. The summed E-state index contributed by atoms with van der Waals surface area (Å²) < 4.78 is 31.0. The Kier molecular flexibility index (Phi) is 3.95. The van der Waals surface area contributed by atoms with Crippen molar-refractivity contribution in [2.75, 3.05) is 5.32 Å². The number of aromatic nitrogens is 4. The first kappa shape index (κ1) is 15.7. The summed E-state index contributed by atoms with van der Waals surface area (Å²) in [7, 11) is 0. The van der Waals surface area contributed by atoms with E-state index in [1.54, 1.807) is 16.6 Å². The highest BCUT2D eigenvalue weighted by atomic mass is 19.3. The summed E-state index contributed by atoms with van der Waals surface area (Å²) in [4.78, 5) is 0. The van der Waals surface area contributed by atoms with Crippen LogP contribution >= 0.6 is 0 Å². The van der Waals surface area contributed by atoms with Crippen LogP contribution in [0.15, 0.2) is 30.3 Å². The monoisotopic (exact) mass is 345 g/mol. The molecule has 1 aliphatic carbocycles. The SMILES string of the molecule is Cc1nnc2ccc(N[C@H]3CCCc4cc(OC(F)F)ccc43)nn12. The molecule has 1 aromatic carbocycles.